The second-order valence-electron chi connectivity index (χ2n) is 5.87. The summed E-state index contributed by atoms with van der Waals surface area (Å²) in [6, 6.07) is 5.03. The molecule has 1 aromatic rings. The lowest BCUT2D eigenvalue weighted by atomic mass is 9.77. The smallest absolute Gasteiger partial charge is 0.0834 e. The first kappa shape index (κ1) is 16.0. The molecule has 2 nitrogen and oxygen atoms in total. The van der Waals surface area contributed by atoms with Crippen molar-refractivity contribution in [2.45, 2.75) is 70.4 Å². The average molecular weight is 295 g/mol. The third kappa shape index (κ3) is 3.63. The van der Waals surface area contributed by atoms with E-state index in [0.717, 1.165) is 19.4 Å². The van der Waals surface area contributed by atoms with Crippen LogP contribution in [-0.4, -0.2) is 25.3 Å². The van der Waals surface area contributed by atoms with E-state index in [2.05, 4.69) is 31.3 Å². The summed E-state index contributed by atoms with van der Waals surface area (Å²) >= 11 is 1.96. The lowest BCUT2D eigenvalue weighted by molar-refractivity contribution is -0.0668. The van der Waals surface area contributed by atoms with Crippen molar-refractivity contribution in [2.24, 2.45) is 0 Å². The van der Waals surface area contributed by atoms with Crippen LogP contribution < -0.4 is 5.32 Å². The van der Waals surface area contributed by atoms with E-state index in [9.17, 15) is 0 Å². The number of hydrogen-bond donors (Lipinski definition) is 1. The Balaban J connectivity index is 2.11. The number of ether oxygens (including phenoxy) is 1. The maximum absolute atomic E-state index is 6.04. The van der Waals surface area contributed by atoms with Crippen LogP contribution in [-0.2, 0) is 17.6 Å². The van der Waals surface area contributed by atoms with Gasteiger partial charge in [0.15, 0.2) is 0 Å². The summed E-state index contributed by atoms with van der Waals surface area (Å²) in [5.41, 5.74) is 0.0463. The second-order valence-corrected chi connectivity index (χ2v) is 7.12. The molecule has 1 saturated carbocycles. The highest BCUT2D eigenvalue weighted by molar-refractivity contribution is 7.11. The number of rotatable bonds is 7. The Morgan fingerprint density at radius 3 is 2.45 bits per heavy atom. The van der Waals surface area contributed by atoms with Gasteiger partial charge in [0, 0.05) is 22.9 Å². The standard InChI is InChI=1S/C17H29NOS/c1-4-14-9-10-15(20-14)13-16(18-5-2)17(19-3)11-7-6-8-12-17/h9-10,16,18H,4-8,11-13H2,1-3H3. The fourth-order valence-electron chi connectivity index (χ4n) is 3.46. The van der Waals surface area contributed by atoms with Crippen LogP contribution in [0.25, 0.3) is 0 Å². The molecule has 114 valence electrons. The lowest BCUT2D eigenvalue weighted by Crippen LogP contribution is -2.54. The van der Waals surface area contributed by atoms with Gasteiger partial charge in [0.1, 0.15) is 0 Å². The fraction of sp³-hybridized carbons (Fsp3) is 0.765. The van der Waals surface area contributed by atoms with Crippen LogP contribution in [0.2, 0.25) is 0 Å². The van der Waals surface area contributed by atoms with E-state index in [4.69, 9.17) is 4.74 Å². The number of aryl methyl sites for hydroxylation is 1. The van der Waals surface area contributed by atoms with Crippen molar-refractivity contribution in [1.29, 1.82) is 0 Å². The highest BCUT2D eigenvalue weighted by atomic mass is 32.1. The molecule has 1 heterocycles. The Hall–Kier alpha value is -0.380. The van der Waals surface area contributed by atoms with Gasteiger partial charge in [-0.3, -0.25) is 0 Å². The van der Waals surface area contributed by atoms with Crippen LogP contribution in [0, 0.1) is 0 Å². The van der Waals surface area contributed by atoms with Crippen molar-refractivity contribution in [1.82, 2.24) is 5.32 Å². The SMILES string of the molecule is CCNC(Cc1ccc(CC)s1)C1(OC)CCCCC1. The monoisotopic (exact) mass is 295 g/mol. The highest BCUT2D eigenvalue weighted by Gasteiger charge is 2.39. The highest BCUT2D eigenvalue weighted by Crippen LogP contribution is 2.36. The molecule has 0 aliphatic heterocycles. The lowest BCUT2D eigenvalue weighted by Gasteiger charge is -2.43. The first-order chi connectivity index (χ1) is 9.74. The molecule has 1 atom stereocenters. The van der Waals surface area contributed by atoms with Gasteiger partial charge in [-0.1, -0.05) is 33.1 Å². The zero-order valence-corrected chi connectivity index (χ0v) is 14.0. The minimum Gasteiger partial charge on any atom is -0.377 e. The van der Waals surface area contributed by atoms with Gasteiger partial charge in [-0.2, -0.15) is 0 Å². The van der Waals surface area contributed by atoms with Crippen LogP contribution in [0.15, 0.2) is 12.1 Å². The molecular weight excluding hydrogens is 266 g/mol. The van der Waals surface area contributed by atoms with Crippen molar-refractivity contribution >= 4 is 11.3 Å². The van der Waals surface area contributed by atoms with Crippen molar-refractivity contribution in [3.05, 3.63) is 21.9 Å². The summed E-state index contributed by atoms with van der Waals surface area (Å²) in [5, 5.41) is 3.70. The Labute approximate surface area is 127 Å². The fourth-order valence-corrected chi connectivity index (χ4v) is 4.46. The molecule has 1 fully saturated rings. The molecule has 1 N–H and O–H groups in total. The third-order valence-corrected chi connectivity index (χ3v) is 5.91. The van der Waals surface area contributed by atoms with Crippen molar-refractivity contribution in [3.8, 4) is 0 Å². The molecule has 1 aromatic heterocycles. The van der Waals surface area contributed by atoms with E-state index >= 15 is 0 Å². The largest absolute Gasteiger partial charge is 0.377 e. The minimum absolute atomic E-state index is 0.0463. The van der Waals surface area contributed by atoms with E-state index in [1.807, 2.05) is 18.4 Å². The first-order valence-electron chi connectivity index (χ1n) is 8.10. The summed E-state index contributed by atoms with van der Waals surface area (Å²) in [5.74, 6) is 0. The molecule has 0 amide bonds. The summed E-state index contributed by atoms with van der Waals surface area (Å²) in [7, 11) is 1.90. The van der Waals surface area contributed by atoms with Crippen LogP contribution in [0.1, 0.15) is 55.7 Å². The number of nitrogens with one attached hydrogen (secondary N) is 1. The van der Waals surface area contributed by atoms with E-state index < -0.39 is 0 Å². The summed E-state index contributed by atoms with van der Waals surface area (Å²) in [6.07, 6.45) is 8.63. The third-order valence-electron chi connectivity index (χ3n) is 4.66. The number of likely N-dealkylation sites (N-methyl/N-ethyl adjacent to an activating group) is 1. The van der Waals surface area contributed by atoms with Crippen molar-refractivity contribution in [3.63, 3.8) is 0 Å². The topological polar surface area (TPSA) is 21.3 Å². The van der Waals surface area contributed by atoms with E-state index in [0.29, 0.717) is 6.04 Å². The molecule has 1 aliphatic carbocycles. The van der Waals surface area contributed by atoms with Crippen LogP contribution >= 0.6 is 11.3 Å². The zero-order chi connectivity index (χ0) is 14.4. The predicted octanol–water partition coefficient (Wildman–Crippen LogP) is 4.18. The Morgan fingerprint density at radius 2 is 1.90 bits per heavy atom. The molecule has 3 heteroatoms. The number of hydrogen-bond acceptors (Lipinski definition) is 3. The number of thiophene rings is 1. The molecule has 20 heavy (non-hydrogen) atoms. The van der Waals surface area contributed by atoms with Gasteiger partial charge in [0.2, 0.25) is 0 Å². The molecule has 0 bridgehead atoms. The molecular formula is C17H29NOS. The molecule has 0 aromatic carbocycles. The van der Waals surface area contributed by atoms with Gasteiger partial charge >= 0.3 is 0 Å². The molecule has 0 spiro atoms. The molecule has 2 rings (SSSR count). The van der Waals surface area contributed by atoms with Crippen LogP contribution in [0.3, 0.4) is 0 Å². The summed E-state index contributed by atoms with van der Waals surface area (Å²) < 4.78 is 6.04. The van der Waals surface area contributed by atoms with Crippen molar-refractivity contribution in [2.75, 3.05) is 13.7 Å². The van der Waals surface area contributed by atoms with Gasteiger partial charge in [0.05, 0.1) is 5.60 Å². The van der Waals surface area contributed by atoms with E-state index in [1.54, 1.807) is 0 Å². The maximum atomic E-state index is 6.04. The minimum atomic E-state index is 0.0463. The molecule has 1 unspecified atom stereocenters. The summed E-state index contributed by atoms with van der Waals surface area (Å²) in [6.45, 7) is 5.45. The quantitative estimate of drug-likeness (QED) is 0.815. The van der Waals surface area contributed by atoms with Gasteiger partial charge < -0.3 is 10.1 Å². The molecule has 0 radical (unpaired) electrons. The normalized spacial score (nSPS) is 19.9. The maximum Gasteiger partial charge on any atom is 0.0834 e. The predicted molar refractivity (Wildman–Crippen MR) is 87.7 cm³/mol. The molecule has 1 aliphatic rings. The average Bonchev–Trinajstić information content (AvgIpc) is 2.95. The Bertz CT molecular complexity index is 395. The Morgan fingerprint density at radius 1 is 1.20 bits per heavy atom. The molecule has 0 saturated heterocycles. The zero-order valence-electron chi connectivity index (χ0n) is 13.2. The van der Waals surface area contributed by atoms with Gasteiger partial charge in [0.25, 0.3) is 0 Å². The van der Waals surface area contributed by atoms with E-state index in [-0.39, 0.29) is 5.60 Å². The van der Waals surface area contributed by atoms with Gasteiger partial charge in [-0.25, -0.2) is 0 Å². The Kier molecular flexibility index (Phi) is 6.06. The second kappa shape index (κ2) is 7.58. The number of methoxy groups -OCH3 is 1. The summed E-state index contributed by atoms with van der Waals surface area (Å²) in [4.78, 5) is 2.99. The van der Waals surface area contributed by atoms with Gasteiger partial charge in [-0.15, -0.1) is 11.3 Å². The van der Waals surface area contributed by atoms with E-state index in [1.165, 1.54) is 41.9 Å². The van der Waals surface area contributed by atoms with Gasteiger partial charge in [-0.05, 0) is 44.4 Å². The van der Waals surface area contributed by atoms with Crippen LogP contribution in [0.4, 0.5) is 0 Å². The first-order valence-corrected chi connectivity index (χ1v) is 8.92. The van der Waals surface area contributed by atoms with Crippen LogP contribution in [0.5, 0.6) is 0 Å². The van der Waals surface area contributed by atoms with Crippen molar-refractivity contribution < 1.29 is 4.74 Å².